The first-order chi connectivity index (χ1) is 9.43. The van der Waals surface area contributed by atoms with Crippen LogP contribution in [0.4, 0.5) is 5.69 Å². The molecule has 0 saturated carbocycles. The molecule has 6 nitrogen and oxygen atoms in total. The molecule has 0 fully saturated rings. The predicted molar refractivity (Wildman–Crippen MR) is 75.4 cm³/mol. The van der Waals surface area contributed by atoms with E-state index in [9.17, 15) is 9.59 Å². The Morgan fingerprint density at radius 1 is 1.25 bits per heavy atom. The molecule has 0 aromatic heterocycles. The van der Waals surface area contributed by atoms with Crippen molar-refractivity contribution in [3.05, 3.63) is 24.3 Å². The Balaban J connectivity index is 2.54. The third-order valence-electron chi connectivity index (χ3n) is 2.91. The molecule has 1 rings (SSSR count). The molecule has 0 bridgehead atoms. The van der Waals surface area contributed by atoms with Gasteiger partial charge in [0.15, 0.2) is 6.61 Å². The van der Waals surface area contributed by atoms with Crippen molar-refractivity contribution in [1.29, 1.82) is 0 Å². The highest BCUT2D eigenvalue weighted by molar-refractivity contribution is 5.92. The molecule has 0 aliphatic rings. The summed E-state index contributed by atoms with van der Waals surface area (Å²) < 4.78 is 9.66. The highest BCUT2D eigenvalue weighted by atomic mass is 16.6. The summed E-state index contributed by atoms with van der Waals surface area (Å²) in [5.74, 6) is -0.338. The van der Waals surface area contributed by atoms with Crippen LogP contribution in [-0.4, -0.2) is 31.6 Å². The molecule has 2 unspecified atom stereocenters. The van der Waals surface area contributed by atoms with E-state index in [0.29, 0.717) is 11.4 Å². The number of rotatable bonds is 6. The van der Waals surface area contributed by atoms with Crippen molar-refractivity contribution < 1.29 is 19.1 Å². The number of ether oxygens (including phenoxy) is 2. The van der Waals surface area contributed by atoms with Crippen molar-refractivity contribution in [3.63, 3.8) is 0 Å². The van der Waals surface area contributed by atoms with Crippen LogP contribution in [0, 0.1) is 5.92 Å². The molecule has 1 amide bonds. The highest BCUT2D eigenvalue weighted by Crippen LogP contribution is 2.16. The zero-order valence-corrected chi connectivity index (χ0v) is 11.9. The molecule has 0 spiro atoms. The van der Waals surface area contributed by atoms with Gasteiger partial charge in [-0.15, -0.1) is 0 Å². The quantitative estimate of drug-likeness (QED) is 0.763. The first-order valence-corrected chi connectivity index (χ1v) is 6.30. The number of hydrogen-bond acceptors (Lipinski definition) is 5. The number of carbonyl (C=O) groups is 2. The van der Waals surface area contributed by atoms with Crippen molar-refractivity contribution in [1.82, 2.24) is 0 Å². The van der Waals surface area contributed by atoms with E-state index in [1.165, 1.54) is 7.11 Å². The third kappa shape index (κ3) is 4.89. The fraction of sp³-hybridized carbons (Fsp3) is 0.429. The van der Waals surface area contributed by atoms with Gasteiger partial charge in [0.2, 0.25) is 5.91 Å². The lowest BCUT2D eigenvalue weighted by Crippen LogP contribution is -2.34. The summed E-state index contributed by atoms with van der Waals surface area (Å²) in [6.45, 7) is 3.41. The van der Waals surface area contributed by atoms with Gasteiger partial charge in [-0.05, 0) is 31.2 Å². The molecule has 0 aliphatic heterocycles. The van der Waals surface area contributed by atoms with Gasteiger partial charge in [0.25, 0.3) is 0 Å². The van der Waals surface area contributed by atoms with Crippen LogP contribution in [0.3, 0.4) is 0 Å². The minimum atomic E-state index is -0.451. The van der Waals surface area contributed by atoms with E-state index >= 15 is 0 Å². The lowest BCUT2D eigenvalue weighted by molar-refractivity contribution is -0.142. The average Bonchev–Trinajstić information content (AvgIpc) is 2.45. The number of amides is 1. The van der Waals surface area contributed by atoms with E-state index in [1.807, 2.05) is 0 Å². The zero-order chi connectivity index (χ0) is 15.1. The van der Waals surface area contributed by atoms with Gasteiger partial charge in [-0.25, -0.2) is 4.79 Å². The summed E-state index contributed by atoms with van der Waals surface area (Å²) in [5.41, 5.74) is 6.32. The monoisotopic (exact) mass is 280 g/mol. The van der Waals surface area contributed by atoms with E-state index in [-0.39, 0.29) is 24.5 Å². The van der Waals surface area contributed by atoms with E-state index in [1.54, 1.807) is 38.1 Å². The van der Waals surface area contributed by atoms with Gasteiger partial charge < -0.3 is 20.5 Å². The number of anilines is 1. The summed E-state index contributed by atoms with van der Waals surface area (Å²) in [6, 6.07) is 6.50. The molecule has 0 heterocycles. The fourth-order valence-electron chi connectivity index (χ4n) is 1.33. The van der Waals surface area contributed by atoms with E-state index in [0.717, 1.165) is 0 Å². The van der Waals surface area contributed by atoms with Crippen LogP contribution < -0.4 is 15.8 Å². The van der Waals surface area contributed by atoms with Gasteiger partial charge in [0.1, 0.15) is 5.75 Å². The number of methoxy groups -OCH3 is 1. The Bertz CT molecular complexity index is 457. The van der Waals surface area contributed by atoms with Crippen molar-refractivity contribution in [2.24, 2.45) is 11.7 Å². The maximum absolute atomic E-state index is 11.8. The van der Waals surface area contributed by atoms with Crippen LogP contribution in [0.25, 0.3) is 0 Å². The Morgan fingerprint density at radius 2 is 1.85 bits per heavy atom. The molecule has 3 N–H and O–H groups in total. The third-order valence-corrected chi connectivity index (χ3v) is 2.91. The molecule has 1 aromatic carbocycles. The number of carbonyl (C=O) groups excluding carboxylic acids is 2. The lowest BCUT2D eigenvalue weighted by atomic mass is 10.0. The second-order valence-electron chi connectivity index (χ2n) is 4.53. The minimum absolute atomic E-state index is 0.136. The predicted octanol–water partition coefficient (Wildman–Crippen LogP) is 1.16. The summed E-state index contributed by atoms with van der Waals surface area (Å²) in [4.78, 5) is 22.7. The topological polar surface area (TPSA) is 90.6 Å². The molecule has 0 aliphatic carbocycles. The van der Waals surface area contributed by atoms with Gasteiger partial charge in [-0.3, -0.25) is 4.79 Å². The molecule has 20 heavy (non-hydrogen) atoms. The van der Waals surface area contributed by atoms with Crippen LogP contribution >= 0.6 is 0 Å². The first-order valence-electron chi connectivity index (χ1n) is 6.30. The number of benzene rings is 1. The smallest absolute Gasteiger partial charge is 0.343 e. The van der Waals surface area contributed by atoms with Crippen molar-refractivity contribution in [2.75, 3.05) is 19.0 Å². The van der Waals surface area contributed by atoms with Gasteiger partial charge in [-0.2, -0.15) is 0 Å². The largest absolute Gasteiger partial charge is 0.482 e. The molecule has 6 heteroatoms. The van der Waals surface area contributed by atoms with Crippen LogP contribution in [0.5, 0.6) is 5.75 Å². The molecule has 110 valence electrons. The van der Waals surface area contributed by atoms with E-state index in [4.69, 9.17) is 10.5 Å². The number of esters is 1. The normalized spacial score (nSPS) is 13.2. The molecule has 0 radical (unpaired) electrons. The van der Waals surface area contributed by atoms with Gasteiger partial charge in [0.05, 0.1) is 13.0 Å². The van der Waals surface area contributed by atoms with Crippen LogP contribution in [0.1, 0.15) is 13.8 Å². The molecule has 2 atom stereocenters. The maximum Gasteiger partial charge on any atom is 0.343 e. The van der Waals surface area contributed by atoms with Crippen molar-refractivity contribution in [2.45, 2.75) is 19.9 Å². The fourth-order valence-corrected chi connectivity index (χ4v) is 1.33. The SMILES string of the molecule is COC(=O)COc1ccc(NC(=O)C(C)C(C)N)cc1. The Hall–Kier alpha value is -2.08. The first kappa shape index (κ1) is 16.0. The van der Waals surface area contributed by atoms with Crippen molar-refractivity contribution >= 4 is 17.6 Å². The second-order valence-corrected chi connectivity index (χ2v) is 4.53. The summed E-state index contributed by atoms with van der Waals surface area (Å²) in [6.07, 6.45) is 0. The maximum atomic E-state index is 11.8. The molecule has 1 aromatic rings. The van der Waals surface area contributed by atoms with E-state index < -0.39 is 5.97 Å². The van der Waals surface area contributed by atoms with Gasteiger partial charge in [-0.1, -0.05) is 6.92 Å². The summed E-state index contributed by atoms with van der Waals surface area (Å²) >= 11 is 0. The van der Waals surface area contributed by atoms with Crippen LogP contribution in [0.15, 0.2) is 24.3 Å². The number of nitrogens with two attached hydrogens (primary N) is 1. The number of hydrogen-bond donors (Lipinski definition) is 2. The van der Waals surface area contributed by atoms with Crippen LogP contribution in [0.2, 0.25) is 0 Å². The van der Waals surface area contributed by atoms with E-state index in [2.05, 4.69) is 10.1 Å². The van der Waals surface area contributed by atoms with Gasteiger partial charge in [0, 0.05) is 11.7 Å². The van der Waals surface area contributed by atoms with Crippen LogP contribution in [-0.2, 0) is 14.3 Å². The molecular formula is C14H20N2O4. The molecular weight excluding hydrogens is 260 g/mol. The summed E-state index contributed by atoms with van der Waals surface area (Å²) in [7, 11) is 1.30. The zero-order valence-electron chi connectivity index (χ0n) is 11.9. The lowest BCUT2D eigenvalue weighted by Gasteiger charge is -2.15. The van der Waals surface area contributed by atoms with Crippen molar-refractivity contribution in [3.8, 4) is 5.75 Å². The average molecular weight is 280 g/mol. The Labute approximate surface area is 118 Å². The number of nitrogens with one attached hydrogen (secondary N) is 1. The summed E-state index contributed by atoms with van der Waals surface area (Å²) in [5, 5.41) is 2.76. The van der Waals surface area contributed by atoms with Gasteiger partial charge >= 0.3 is 5.97 Å². The second kappa shape index (κ2) is 7.49. The Kier molecular flexibility index (Phi) is 5.99. The molecule has 0 saturated heterocycles. The standard InChI is InChI=1S/C14H20N2O4/c1-9(10(2)15)14(18)16-11-4-6-12(7-5-11)20-8-13(17)19-3/h4-7,9-10H,8,15H2,1-3H3,(H,16,18). The Morgan fingerprint density at radius 3 is 2.35 bits per heavy atom. The minimum Gasteiger partial charge on any atom is -0.482 e. The highest BCUT2D eigenvalue weighted by Gasteiger charge is 2.16.